The summed E-state index contributed by atoms with van der Waals surface area (Å²) in [6.07, 6.45) is 0. The number of benzene rings is 1. The molecule has 0 atom stereocenters. The standard InChI is InChI=1S/C12H15N3OS/c1-8-4-9(2)6-10(5-8)7-17-12-14-13-11(16)15(12)3/h4-6H,7H2,1-3H3,(H,13,16). The SMILES string of the molecule is Cc1cc(C)cc(CSc2n[nH]c(=O)n2C)c1. The van der Waals surface area contributed by atoms with Crippen molar-refractivity contribution < 1.29 is 0 Å². The molecule has 1 aromatic carbocycles. The lowest BCUT2D eigenvalue weighted by atomic mass is 10.1. The Morgan fingerprint density at radius 1 is 1.29 bits per heavy atom. The fourth-order valence-electron chi connectivity index (χ4n) is 1.76. The molecule has 1 aromatic heterocycles. The number of thioether (sulfide) groups is 1. The summed E-state index contributed by atoms with van der Waals surface area (Å²) in [6.45, 7) is 4.18. The Morgan fingerprint density at radius 3 is 2.47 bits per heavy atom. The van der Waals surface area contributed by atoms with E-state index in [2.05, 4.69) is 42.2 Å². The smallest absolute Gasteiger partial charge is 0.273 e. The molecule has 90 valence electrons. The normalized spacial score (nSPS) is 10.8. The first kappa shape index (κ1) is 12.0. The number of nitrogens with zero attached hydrogens (tertiary/aromatic N) is 2. The monoisotopic (exact) mass is 249 g/mol. The number of H-pyrrole nitrogens is 1. The molecule has 0 saturated carbocycles. The van der Waals surface area contributed by atoms with E-state index < -0.39 is 0 Å². The van der Waals surface area contributed by atoms with Crippen molar-refractivity contribution in [2.45, 2.75) is 24.8 Å². The summed E-state index contributed by atoms with van der Waals surface area (Å²) in [5, 5.41) is 7.11. The van der Waals surface area contributed by atoms with E-state index in [1.165, 1.54) is 21.3 Å². The minimum absolute atomic E-state index is 0.173. The van der Waals surface area contributed by atoms with E-state index in [9.17, 15) is 4.79 Å². The number of nitrogens with one attached hydrogen (secondary N) is 1. The third-order valence-corrected chi connectivity index (χ3v) is 3.59. The highest BCUT2D eigenvalue weighted by Crippen LogP contribution is 2.20. The summed E-state index contributed by atoms with van der Waals surface area (Å²) in [7, 11) is 1.72. The average Bonchev–Trinajstić information content (AvgIpc) is 2.56. The van der Waals surface area contributed by atoms with Gasteiger partial charge in [0, 0.05) is 12.8 Å². The van der Waals surface area contributed by atoms with Crippen molar-refractivity contribution in [3.63, 3.8) is 0 Å². The lowest BCUT2D eigenvalue weighted by Gasteiger charge is -2.04. The van der Waals surface area contributed by atoms with Gasteiger partial charge in [0.15, 0.2) is 5.16 Å². The number of hydrogen-bond acceptors (Lipinski definition) is 3. The Kier molecular flexibility index (Phi) is 3.38. The van der Waals surface area contributed by atoms with Gasteiger partial charge in [0.05, 0.1) is 0 Å². The molecule has 1 N–H and O–H groups in total. The van der Waals surface area contributed by atoms with Gasteiger partial charge in [0.2, 0.25) is 0 Å². The maximum atomic E-state index is 11.2. The molecule has 2 rings (SSSR count). The van der Waals surface area contributed by atoms with Crippen LogP contribution in [-0.4, -0.2) is 14.8 Å². The zero-order chi connectivity index (χ0) is 12.4. The molecule has 5 heteroatoms. The zero-order valence-corrected chi connectivity index (χ0v) is 11.0. The minimum Gasteiger partial charge on any atom is -0.273 e. The highest BCUT2D eigenvalue weighted by Gasteiger charge is 2.05. The van der Waals surface area contributed by atoms with E-state index in [4.69, 9.17) is 0 Å². The molecule has 0 fully saturated rings. The molecule has 2 aromatic rings. The molecule has 1 heterocycles. The Hall–Kier alpha value is -1.49. The molecule has 0 amide bonds. The third-order valence-electron chi connectivity index (χ3n) is 2.49. The van der Waals surface area contributed by atoms with Gasteiger partial charge in [0.25, 0.3) is 0 Å². The number of aryl methyl sites for hydroxylation is 2. The van der Waals surface area contributed by atoms with Crippen LogP contribution >= 0.6 is 11.8 Å². The van der Waals surface area contributed by atoms with Crippen LogP contribution in [0.2, 0.25) is 0 Å². The van der Waals surface area contributed by atoms with Gasteiger partial charge in [-0.15, -0.1) is 5.10 Å². The van der Waals surface area contributed by atoms with Crippen LogP contribution in [-0.2, 0) is 12.8 Å². The number of hydrogen-bond donors (Lipinski definition) is 1. The van der Waals surface area contributed by atoms with Crippen LogP contribution in [0.25, 0.3) is 0 Å². The van der Waals surface area contributed by atoms with E-state index in [-0.39, 0.29) is 5.69 Å². The van der Waals surface area contributed by atoms with Crippen molar-refractivity contribution in [2.75, 3.05) is 0 Å². The number of aromatic nitrogens is 3. The van der Waals surface area contributed by atoms with Crippen LogP contribution in [0.3, 0.4) is 0 Å². The second-order valence-electron chi connectivity index (χ2n) is 4.15. The van der Waals surface area contributed by atoms with Gasteiger partial charge < -0.3 is 0 Å². The predicted molar refractivity (Wildman–Crippen MR) is 69.3 cm³/mol. The van der Waals surface area contributed by atoms with Crippen molar-refractivity contribution in [3.8, 4) is 0 Å². The second kappa shape index (κ2) is 4.79. The summed E-state index contributed by atoms with van der Waals surface area (Å²) >= 11 is 1.56. The summed E-state index contributed by atoms with van der Waals surface area (Å²) in [6, 6.07) is 6.47. The van der Waals surface area contributed by atoms with Crippen molar-refractivity contribution >= 4 is 11.8 Å². The summed E-state index contributed by atoms with van der Waals surface area (Å²) < 4.78 is 1.52. The van der Waals surface area contributed by atoms with Gasteiger partial charge in [-0.05, 0) is 19.4 Å². The molecule has 0 aliphatic rings. The van der Waals surface area contributed by atoms with Crippen LogP contribution in [0.4, 0.5) is 0 Å². The quantitative estimate of drug-likeness (QED) is 0.847. The molecule has 0 spiro atoms. The van der Waals surface area contributed by atoms with Gasteiger partial charge in [-0.25, -0.2) is 9.89 Å². The average molecular weight is 249 g/mol. The molecule has 17 heavy (non-hydrogen) atoms. The molecular formula is C12H15N3OS. The van der Waals surface area contributed by atoms with Gasteiger partial charge in [-0.2, -0.15) is 0 Å². The van der Waals surface area contributed by atoms with Crippen LogP contribution in [0.5, 0.6) is 0 Å². The maximum Gasteiger partial charge on any atom is 0.343 e. The van der Waals surface area contributed by atoms with E-state index in [0.717, 1.165) is 5.75 Å². The first-order valence-corrected chi connectivity index (χ1v) is 6.36. The lowest BCUT2D eigenvalue weighted by Crippen LogP contribution is -2.12. The van der Waals surface area contributed by atoms with Crippen molar-refractivity contribution in [2.24, 2.45) is 7.05 Å². The molecule has 0 aliphatic heterocycles. The summed E-state index contributed by atoms with van der Waals surface area (Å²) in [5.74, 6) is 0.820. The van der Waals surface area contributed by atoms with Gasteiger partial charge >= 0.3 is 5.69 Å². The van der Waals surface area contributed by atoms with Gasteiger partial charge in [-0.1, -0.05) is 41.1 Å². The topological polar surface area (TPSA) is 50.7 Å². The predicted octanol–water partition coefficient (Wildman–Crippen LogP) is 2.02. The molecule has 0 bridgehead atoms. The van der Waals surface area contributed by atoms with E-state index in [1.54, 1.807) is 18.8 Å². The Bertz CT molecular complexity index is 565. The first-order valence-electron chi connectivity index (χ1n) is 5.37. The van der Waals surface area contributed by atoms with Crippen LogP contribution in [0.1, 0.15) is 16.7 Å². The number of rotatable bonds is 3. The summed E-state index contributed by atoms with van der Waals surface area (Å²) in [4.78, 5) is 11.2. The Balaban J connectivity index is 2.12. The first-order chi connectivity index (χ1) is 8.06. The zero-order valence-electron chi connectivity index (χ0n) is 10.2. The van der Waals surface area contributed by atoms with Crippen molar-refractivity contribution in [1.82, 2.24) is 14.8 Å². The Morgan fingerprint density at radius 2 is 1.94 bits per heavy atom. The molecule has 0 aliphatic carbocycles. The second-order valence-corrected chi connectivity index (χ2v) is 5.10. The van der Waals surface area contributed by atoms with Gasteiger partial charge in [-0.3, -0.25) is 4.57 Å². The fourth-order valence-corrected chi connectivity index (χ4v) is 2.61. The molecular weight excluding hydrogens is 234 g/mol. The van der Waals surface area contributed by atoms with Gasteiger partial charge in [0.1, 0.15) is 0 Å². The third kappa shape index (κ3) is 2.79. The van der Waals surface area contributed by atoms with Crippen LogP contribution < -0.4 is 5.69 Å². The number of aromatic amines is 1. The van der Waals surface area contributed by atoms with E-state index in [0.29, 0.717) is 5.16 Å². The van der Waals surface area contributed by atoms with E-state index in [1.807, 2.05) is 0 Å². The fraction of sp³-hybridized carbons (Fsp3) is 0.333. The largest absolute Gasteiger partial charge is 0.343 e. The molecule has 0 unspecified atom stereocenters. The van der Waals surface area contributed by atoms with Crippen molar-refractivity contribution in [3.05, 3.63) is 45.4 Å². The van der Waals surface area contributed by atoms with Crippen LogP contribution in [0, 0.1) is 13.8 Å². The van der Waals surface area contributed by atoms with Crippen LogP contribution in [0.15, 0.2) is 28.2 Å². The van der Waals surface area contributed by atoms with Crippen molar-refractivity contribution in [1.29, 1.82) is 0 Å². The highest BCUT2D eigenvalue weighted by atomic mass is 32.2. The molecule has 4 nitrogen and oxygen atoms in total. The van der Waals surface area contributed by atoms with E-state index >= 15 is 0 Å². The maximum absolute atomic E-state index is 11.2. The minimum atomic E-state index is -0.173. The molecule has 0 radical (unpaired) electrons. The highest BCUT2D eigenvalue weighted by molar-refractivity contribution is 7.98. The lowest BCUT2D eigenvalue weighted by molar-refractivity contribution is 0.766. The molecule has 0 saturated heterocycles. The Labute approximate surface area is 104 Å². The summed E-state index contributed by atoms with van der Waals surface area (Å²) in [5.41, 5.74) is 3.60.